The molecule has 3 N–H and O–H groups in total. The second-order valence-electron chi connectivity index (χ2n) is 6.19. The normalized spacial score (nSPS) is 12.0. The average Bonchev–Trinajstić information content (AvgIpc) is 3.02. The number of carbonyl (C=O) groups excluding carboxylic acids is 1. The van der Waals surface area contributed by atoms with E-state index in [1.807, 2.05) is 30.5 Å². The fourth-order valence-electron chi connectivity index (χ4n) is 3.00. The van der Waals surface area contributed by atoms with Crippen LogP contribution in [0.4, 0.5) is 0 Å². The quantitative estimate of drug-likeness (QED) is 0.592. The van der Waals surface area contributed by atoms with Crippen LogP contribution >= 0.6 is 11.6 Å². The summed E-state index contributed by atoms with van der Waals surface area (Å²) in [6.07, 6.45) is 2.01. The van der Waals surface area contributed by atoms with Gasteiger partial charge in [-0.1, -0.05) is 41.9 Å². The summed E-state index contributed by atoms with van der Waals surface area (Å²) in [6.45, 7) is 0.259. The minimum absolute atomic E-state index is 0.0605. The lowest BCUT2D eigenvalue weighted by Crippen LogP contribution is -2.30. The Balaban J connectivity index is 1.65. The van der Waals surface area contributed by atoms with Crippen LogP contribution in [0.1, 0.15) is 23.5 Å². The maximum absolute atomic E-state index is 12.3. The topological polar surface area (TPSA) is 82.2 Å². The Morgan fingerprint density at radius 2 is 1.85 bits per heavy atom. The highest BCUT2D eigenvalue weighted by Gasteiger charge is 2.17. The first-order valence-electron chi connectivity index (χ1n) is 8.32. The predicted octanol–water partition coefficient (Wildman–Crippen LogP) is 3.74. The van der Waals surface area contributed by atoms with Crippen LogP contribution in [0.25, 0.3) is 10.9 Å². The molecule has 1 atom stereocenters. The van der Waals surface area contributed by atoms with Gasteiger partial charge in [-0.2, -0.15) is 0 Å². The summed E-state index contributed by atoms with van der Waals surface area (Å²) in [5.41, 5.74) is 2.74. The van der Waals surface area contributed by atoms with Gasteiger partial charge in [0, 0.05) is 34.6 Å². The number of hydrogen-bond acceptors (Lipinski definition) is 2. The van der Waals surface area contributed by atoms with Crippen molar-refractivity contribution in [1.82, 2.24) is 10.3 Å². The number of nitrogens with one attached hydrogen (secondary N) is 2. The number of H-pyrrole nitrogens is 1. The largest absolute Gasteiger partial charge is 0.481 e. The molecule has 26 heavy (non-hydrogen) atoms. The van der Waals surface area contributed by atoms with E-state index in [1.54, 1.807) is 24.3 Å². The second kappa shape index (κ2) is 8.06. The first-order chi connectivity index (χ1) is 12.5. The molecule has 1 aromatic heterocycles. The van der Waals surface area contributed by atoms with E-state index < -0.39 is 5.97 Å². The third-order valence-corrected chi connectivity index (χ3v) is 4.59. The average molecular weight is 371 g/mol. The minimum atomic E-state index is -0.907. The standard InChI is InChI=1S/C20H19ClN2O3/c21-16-7-5-13(6-8-16)14(10-20(25)26)11-23-19(24)9-15-12-22-18-4-2-1-3-17(15)18/h1-8,12,14,22H,9-11H2,(H,23,24)(H,25,26). The zero-order valence-corrected chi connectivity index (χ0v) is 14.8. The van der Waals surface area contributed by atoms with Crippen molar-refractivity contribution < 1.29 is 14.7 Å². The van der Waals surface area contributed by atoms with Gasteiger partial charge in [-0.05, 0) is 29.3 Å². The van der Waals surface area contributed by atoms with E-state index in [0.717, 1.165) is 22.0 Å². The third-order valence-electron chi connectivity index (χ3n) is 4.33. The first kappa shape index (κ1) is 18.0. The number of benzene rings is 2. The Morgan fingerprint density at radius 1 is 1.12 bits per heavy atom. The van der Waals surface area contributed by atoms with Gasteiger partial charge in [-0.25, -0.2) is 0 Å². The van der Waals surface area contributed by atoms with Gasteiger partial charge in [-0.3, -0.25) is 9.59 Å². The van der Waals surface area contributed by atoms with Gasteiger partial charge in [0.2, 0.25) is 5.91 Å². The van der Waals surface area contributed by atoms with Gasteiger partial charge in [0.25, 0.3) is 0 Å². The molecule has 3 rings (SSSR count). The minimum Gasteiger partial charge on any atom is -0.481 e. The highest BCUT2D eigenvalue weighted by atomic mass is 35.5. The molecule has 6 heteroatoms. The van der Waals surface area contributed by atoms with Crippen LogP contribution in [0, 0.1) is 0 Å². The SMILES string of the molecule is O=C(O)CC(CNC(=O)Cc1c[nH]c2ccccc12)c1ccc(Cl)cc1. The van der Waals surface area contributed by atoms with Gasteiger partial charge in [0.15, 0.2) is 0 Å². The number of halogens is 1. The van der Waals surface area contributed by atoms with Gasteiger partial charge in [0.1, 0.15) is 0 Å². The summed E-state index contributed by atoms with van der Waals surface area (Å²) in [4.78, 5) is 26.6. The van der Waals surface area contributed by atoms with Crippen LogP contribution in [0.2, 0.25) is 5.02 Å². The molecular weight excluding hydrogens is 352 g/mol. The molecule has 0 saturated carbocycles. The molecule has 0 aliphatic heterocycles. The Morgan fingerprint density at radius 3 is 2.58 bits per heavy atom. The summed E-state index contributed by atoms with van der Waals surface area (Å²) in [5.74, 6) is -1.35. The molecule has 1 heterocycles. The number of carboxylic acids is 1. The van der Waals surface area contributed by atoms with Crippen LogP contribution in [-0.4, -0.2) is 28.5 Å². The zero-order valence-electron chi connectivity index (χ0n) is 14.0. The Hall–Kier alpha value is -2.79. The molecule has 134 valence electrons. The fraction of sp³-hybridized carbons (Fsp3) is 0.200. The molecule has 0 spiro atoms. The summed E-state index contributed by atoms with van der Waals surface area (Å²) in [6, 6.07) is 14.8. The molecule has 3 aromatic rings. The Kier molecular flexibility index (Phi) is 5.58. The monoisotopic (exact) mass is 370 g/mol. The van der Waals surface area contributed by atoms with Crippen LogP contribution in [-0.2, 0) is 16.0 Å². The van der Waals surface area contributed by atoms with E-state index in [-0.39, 0.29) is 31.2 Å². The van der Waals surface area contributed by atoms with Crippen molar-refractivity contribution in [2.75, 3.05) is 6.54 Å². The molecule has 0 fully saturated rings. The van der Waals surface area contributed by atoms with Crippen molar-refractivity contribution in [1.29, 1.82) is 0 Å². The van der Waals surface area contributed by atoms with Crippen molar-refractivity contribution in [3.8, 4) is 0 Å². The molecule has 2 aromatic carbocycles. The van der Waals surface area contributed by atoms with E-state index in [0.29, 0.717) is 5.02 Å². The number of aromatic nitrogens is 1. The number of carboxylic acid groups (broad SMARTS) is 1. The predicted molar refractivity (Wildman–Crippen MR) is 101 cm³/mol. The number of hydrogen-bond donors (Lipinski definition) is 3. The fourth-order valence-corrected chi connectivity index (χ4v) is 3.13. The summed E-state index contributed by atoms with van der Waals surface area (Å²) >= 11 is 5.89. The van der Waals surface area contributed by atoms with E-state index in [4.69, 9.17) is 16.7 Å². The molecular formula is C20H19ClN2O3. The number of fused-ring (bicyclic) bond motifs is 1. The maximum Gasteiger partial charge on any atom is 0.304 e. The second-order valence-corrected chi connectivity index (χ2v) is 6.62. The zero-order chi connectivity index (χ0) is 18.5. The first-order valence-corrected chi connectivity index (χ1v) is 8.69. The van der Waals surface area contributed by atoms with E-state index >= 15 is 0 Å². The van der Waals surface area contributed by atoms with E-state index in [2.05, 4.69) is 10.3 Å². The van der Waals surface area contributed by atoms with Gasteiger partial charge < -0.3 is 15.4 Å². The number of amides is 1. The molecule has 0 radical (unpaired) electrons. The van der Waals surface area contributed by atoms with Crippen molar-refractivity contribution in [2.24, 2.45) is 0 Å². The highest BCUT2D eigenvalue weighted by Crippen LogP contribution is 2.22. The van der Waals surface area contributed by atoms with Crippen LogP contribution in [0.15, 0.2) is 54.7 Å². The molecule has 1 unspecified atom stereocenters. The summed E-state index contributed by atoms with van der Waals surface area (Å²) < 4.78 is 0. The lowest BCUT2D eigenvalue weighted by molar-refractivity contribution is -0.137. The van der Waals surface area contributed by atoms with E-state index in [9.17, 15) is 9.59 Å². The van der Waals surface area contributed by atoms with Crippen molar-refractivity contribution in [3.63, 3.8) is 0 Å². The molecule has 1 amide bonds. The number of aromatic amines is 1. The van der Waals surface area contributed by atoms with E-state index in [1.165, 1.54) is 0 Å². The maximum atomic E-state index is 12.3. The lowest BCUT2D eigenvalue weighted by atomic mass is 9.95. The van der Waals surface area contributed by atoms with Crippen molar-refractivity contribution in [3.05, 3.63) is 70.9 Å². The summed E-state index contributed by atoms with van der Waals surface area (Å²) in [7, 11) is 0. The van der Waals surface area contributed by atoms with Gasteiger partial charge in [-0.15, -0.1) is 0 Å². The van der Waals surface area contributed by atoms with Gasteiger partial charge >= 0.3 is 5.97 Å². The molecule has 5 nitrogen and oxygen atoms in total. The number of rotatable bonds is 7. The summed E-state index contributed by atoms with van der Waals surface area (Å²) in [5, 5.41) is 13.6. The molecule has 0 bridgehead atoms. The van der Waals surface area contributed by atoms with Crippen LogP contribution in [0.3, 0.4) is 0 Å². The molecule has 0 aliphatic rings. The number of para-hydroxylation sites is 1. The Labute approximate surface area is 156 Å². The van der Waals surface area contributed by atoms with Crippen LogP contribution in [0.5, 0.6) is 0 Å². The lowest BCUT2D eigenvalue weighted by Gasteiger charge is -2.16. The Bertz CT molecular complexity index is 918. The van der Waals surface area contributed by atoms with Crippen LogP contribution < -0.4 is 5.32 Å². The third kappa shape index (κ3) is 4.43. The highest BCUT2D eigenvalue weighted by molar-refractivity contribution is 6.30. The van der Waals surface area contributed by atoms with Gasteiger partial charge in [0.05, 0.1) is 12.8 Å². The smallest absolute Gasteiger partial charge is 0.304 e. The van der Waals surface area contributed by atoms with Crippen molar-refractivity contribution >= 4 is 34.4 Å². The number of aliphatic carboxylic acids is 1. The molecule has 0 aliphatic carbocycles. The van der Waals surface area contributed by atoms with Crippen molar-refractivity contribution in [2.45, 2.75) is 18.8 Å². The number of carbonyl (C=O) groups is 2. The molecule has 0 saturated heterocycles.